The van der Waals surface area contributed by atoms with E-state index < -0.39 is 0 Å². The van der Waals surface area contributed by atoms with Gasteiger partial charge in [-0.25, -0.2) is 4.98 Å². The molecule has 0 saturated carbocycles. The molecule has 0 saturated heterocycles. The summed E-state index contributed by atoms with van der Waals surface area (Å²) in [6.07, 6.45) is 2.38. The maximum atomic E-state index is 8.84. The van der Waals surface area contributed by atoms with Gasteiger partial charge in [-0.05, 0) is 18.4 Å². The molecule has 0 spiro atoms. The minimum Gasteiger partial charge on any atom is -0.302 e. The molecule has 1 aromatic carbocycles. The van der Waals surface area contributed by atoms with Gasteiger partial charge in [-0.3, -0.25) is 0 Å². The van der Waals surface area contributed by atoms with E-state index in [1.807, 2.05) is 29.7 Å². The highest BCUT2D eigenvalue weighted by molar-refractivity contribution is 5.94. The van der Waals surface area contributed by atoms with Gasteiger partial charge in [0.1, 0.15) is 5.65 Å². The summed E-state index contributed by atoms with van der Waals surface area (Å²) in [6.45, 7) is 1.95. The van der Waals surface area contributed by atoms with Gasteiger partial charge in [0.15, 0.2) is 0 Å². The fourth-order valence-electron chi connectivity index (χ4n) is 2.22. The predicted octanol–water partition coefficient (Wildman–Crippen LogP) is 2.86. The van der Waals surface area contributed by atoms with E-state index in [4.69, 9.17) is 5.26 Å². The first kappa shape index (κ1) is 9.86. The molecule has 0 N–H and O–H groups in total. The number of hydrogen-bond donors (Lipinski definition) is 0. The largest absolute Gasteiger partial charge is 0.302 e. The third-order valence-corrected chi connectivity index (χ3v) is 3.06. The molecular formula is C14H11N3. The van der Waals surface area contributed by atoms with E-state index in [2.05, 4.69) is 29.3 Å². The van der Waals surface area contributed by atoms with E-state index in [0.29, 0.717) is 6.42 Å². The molecular weight excluding hydrogens is 210 g/mol. The molecule has 0 fully saturated rings. The lowest BCUT2D eigenvalue weighted by Crippen LogP contribution is -1.93. The van der Waals surface area contributed by atoms with E-state index in [9.17, 15) is 0 Å². The van der Waals surface area contributed by atoms with Gasteiger partial charge in [-0.2, -0.15) is 5.26 Å². The van der Waals surface area contributed by atoms with Crippen LogP contribution in [0.5, 0.6) is 0 Å². The monoisotopic (exact) mass is 221 g/mol. The zero-order valence-corrected chi connectivity index (χ0v) is 9.51. The van der Waals surface area contributed by atoms with Crippen LogP contribution in [-0.2, 0) is 6.42 Å². The molecule has 0 bridgehead atoms. The van der Waals surface area contributed by atoms with E-state index in [1.54, 1.807) is 0 Å². The Labute approximate surface area is 98.9 Å². The molecule has 3 nitrogen and oxygen atoms in total. The Hall–Kier alpha value is -2.34. The fraction of sp³-hybridized carbons (Fsp3) is 0.143. The van der Waals surface area contributed by atoms with E-state index in [0.717, 1.165) is 22.4 Å². The third-order valence-electron chi connectivity index (χ3n) is 3.06. The Morgan fingerprint density at radius 2 is 2.12 bits per heavy atom. The lowest BCUT2D eigenvalue weighted by Gasteiger charge is -2.01. The first-order valence-electron chi connectivity index (χ1n) is 5.53. The van der Waals surface area contributed by atoms with Gasteiger partial charge in [-0.1, -0.05) is 24.3 Å². The van der Waals surface area contributed by atoms with Crippen molar-refractivity contribution < 1.29 is 0 Å². The zero-order valence-electron chi connectivity index (χ0n) is 9.51. The fourth-order valence-corrected chi connectivity index (χ4v) is 2.22. The average Bonchev–Trinajstić information content (AvgIpc) is 2.67. The maximum Gasteiger partial charge on any atom is 0.145 e. The number of nitriles is 1. The highest BCUT2D eigenvalue weighted by atomic mass is 15.0. The smallest absolute Gasteiger partial charge is 0.145 e. The van der Waals surface area contributed by atoms with Crippen molar-refractivity contribution in [3.05, 3.63) is 47.9 Å². The van der Waals surface area contributed by atoms with Crippen LogP contribution in [0.4, 0.5) is 0 Å². The second-order valence-electron chi connectivity index (χ2n) is 4.08. The van der Waals surface area contributed by atoms with Gasteiger partial charge >= 0.3 is 0 Å². The van der Waals surface area contributed by atoms with Crippen molar-refractivity contribution in [1.29, 1.82) is 5.26 Å². The first-order chi connectivity index (χ1) is 8.31. The normalized spacial score (nSPS) is 10.8. The number of benzene rings is 1. The van der Waals surface area contributed by atoms with Crippen molar-refractivity contribution in [2.45, 2.75) is 13.3 Å². The number of imidazole rings is 1. The maximum absolute atomic E-state index is 8.84. The average molecular weight is 221 g/mol. The molecule has 0 aliphatic heterocycles. The molecule has 3 rings (SSSR count). The Bertz CT molecular complexity index is 747. The Kier molecular flexibility index (Phi) is 2.09. The lowest BCUT2D eigenvalue weighted by atomic mass is 10.2. The number of pyridine rings is 1. The third kappa shape index (κ3) is 1.38. The minimum atomic E-state index is 0.394. The number of fused-ring (bicyclic) bond motifs is 3. The minimum absolute atomic E-state index is 0.394. The number of hydrogen-bond acceptors (Lipinski definition) is 2. The van der Waals surface area contributed by atoms with Crippen LogP contribution in [0.1, 0.15) is 11.4 Å². The van der Waals surface area contributed by atoms with Gasteiger partial charge < -0.3 is 4.40 Å². The van der Waals surface area contributed by atoms with Crippen molar-refractivity contribution in [3.8, 4) is 6.07 Å². The van der Waals surface area contributed by atoms with Crippen LogP contribution in [0.2, 0.25) is 0 Å². The summed E-state index contributed by atoms with van der Waals surface area (Å²) in [5, 5.41) is 11.1. The van der Waals surface area contributed by atoms with Crippen molar-refractivity contribution in [3.63, 3.8) is 0 Å². The first-order valence-corrected chi connectivity index (χ1v) is 5.53. The van der Waals surface area contributed by atoms with Crippen molar-refractivity contribution in [1.82, 2.24) is 9.38 Å². The van der Waals surface area contributed by atoms with Crippen LogP contribution < -0.4 is 0 Å². The molecule has 0 atom stereocenters. The van der Waals surface area contributed by atoms with Crippen molar-refractivity contribution >= 4 is 16.4 Å². The molecule has 3 aromatic rings. The molecule has 2 heterocycles. The van der Waals surface area contributed by atoms with Crippen LogP contribution in [-0.4, -0.2) is 9.38 Å². The molecule has 82 valence electrons. The van der Waals surface area contributed by atoms with Gasteiger partial charge in [0, 0.05) is 11.6 Å². The predicted molar refractivity (Wildman–Crippen MR) is 66.8 cm³/mol. The number of aryl methyl sites for hydroxylation is 1. The summed E-state index contributed by atoms with van der Waals surface area (Å²) >= 11 is 0. The summed E-state index contributed by atoms with van der Waals surface area (Å²) in [7, 11) is 0. The summed E-state index contributed by atoms with van der Waals surface area (Å²) in [5.41, 5.74) is 2.85. The van der Waals surface area contributed by atoms with Crippen LogP contribution in [0, 0.1) is 18.3 Å². The summed E-state index contributed by atoms with van der Waals surface area (Å²) in [4.78, 5) is 4.57. The van der Waals surface area contributed by atoms with Crippen LogP contribution in [0.25, 0.3) is 16.4 Å². The van der Waals surface area contributed by atoms with E-state index in [1.165, 1.54) is 5.39 Å². The molecule has 0 aliphatic rings. The SMILES string of the molecule is Cc1nc2c3ccccc3ccn2c1CC#N. The second kappa shape index (κ2) is 3.60. The number of rotatable bonds is 1. The van der Waals surface area contributed by atoms with Gasteiger partial charge in [-0.15, -0.1) is 0 Å². The Balaban J connectivity index is 2.45. The molecule has 17 heavy (non-hydrogen) atoms. The van der Waals surface area contributed by atoms with E-state index in [-0.39, 0.29) is 0 Å². The van der Waals surface area contributed by atoms with Gasteiger partial charge in [0.2, 0.25) is 0 Å². The lowest BCUT2D eigenvalue weighted by molar-refractivity contribution is 1.04. The molecule has 3 heteroatoms. The van der Waals surface area contributed by atoms with Crippen molar-refractivity contribution in [2.24, 2.45) is 0 Å². The van der Waals surface area contributed by atoms with Crippen LogP contribution in [0.15, 0.2) is 36.5 Å². The molecule has 0 radical (unpaired) electrons. The summed E-state index contributed by atoms with van der Waals surface area (Å²) in [5.74, 6) is 0. The topological polar surface area (TPSA) is 41.1 Å². The Morgan fingerprint density at radius 1 is 1.29 bits per heavy atom. The van der Waals surface area contributed by atoms with Gasteiger partial charge in [0.05, 0.1) is 23.9 Å². The van der Waals surface area contributed by atoms with Crippen molar-refractivity contribution in [2.75, 3.05) is 0 Å². The molecule has 0 unspecified atom stereocenters. The highest BCUT2D eigenvalue weighted by Gasteiger charge is 2.10. The number of aromatic nitrogens is 2. The second-order valence-corrected chi connectivity index (χ2v) is 4.08. The summed E-state index contributed by atoms with van der Waals surface area (Å²) < 4.78 is 2.01. The van der Waals surface area contributed by atoms with Crippen LogP contribution in [0.3, 0.4) is 0 Å². The van der Waals surface area contributed by atoms with Gasteiger partial charge in [0.25, 0.3) is 0 Å². The highest BCUT2D eigenvalue weighted by Crippen LogP contribution is 2.22. The van der Waals surface area contributed by atoms with E-state index >= 15 is 0 Å². The zero-order chi connectivity index (χ0) is 11.8. The number of nitrogens with zero attached hydrogens (tertiary/aromatic N) is 3. The van der Waals surface area contributed by atoms with Crippen LogP contribution >= 0.6 is 0 Å². The Morgan fingerprint density at radius 3 is 2.94 bits per heavy atom. The molecule has 0 amide bonds. The molecule has 0 aliphatic carbocycles. The summed E-state index contributed by atoms with van der Waals surface area (Å²) in [6, 6.07) is 12.4. The molecule has 2 aromatic heterocycles. The quantitative estimate of drug-likeness (QED) is 0.634. The standard InChI is InChI=1S/C14H11N3/c1-10-13(6-8-15)17-9-7-11-4-2-3-5-12(11)14(17)16-10/h2-5,7,9H,6H2,1H3.